The first-order chi connectivity index (χ1) is 11.8. The SMILES string of the molecule is COc1ccccc1CCC(=O)N1CCC(NC(=O)C(F)(F)F)CC1. The van der Waals surface area contributed by atoms with E-state index in [2.05, 4.69) is 0 Å². The van der Waals surface area contributed by atoms with Gasteiger partial charge in [-0.2, -0.15) is 13.2 Å². The molecule has 0 unspecified atom stereocenters. The van der Waals surface area contributed by atoms with Crippen LogP contribution in [0.2, 0.25) is 0 Å². The predicted molar refractivity (Wildman–Crippen MR) is 85.1 cm³/mol. The van der Waals surface area contributed by atoms with Crippen LogP contribution in [0.25, 0.3) is 0 Å². The molecule has 1 N–H and O–H groups in total. The summed E-state index contributed by atoms with van der Waals surface area (Å²) in [4.78, 5) is 24.8. The van der Waals surface area contributed by atoms with Gasteiger partial charge in [-0.15, -0.1) is 0 Å². The van der Waals surface area contributed by atoms with Crippen LogP contribution in [-0.4, -0.2) is 49.1 Å². The molecular formula is C17H21F3N2O3. The molecule has 1 fully saturated rings. The van der Waals surface area contributed by atoms with Gasteiger partial charge in [0.1, 0.15) is 5.75 Å². The number of carbonyl (C=O) groups is 2. The number of rotatable bonds is 5. The number of para-hydroxylation sites is 1. The first-order valence-corrected chi connectivity index (χ1v) is 8.08. The van der Waals surface area contributed by atoms with Crippen molar-refractivity contribution in [2.45, 2.75) is 37.9 Å². The lowest BCUT2D eigenvalue weighted by atomic mass is 10.0. The molecule has 0 bridgehead atoms. The number of ether oxygens (including phenoxy) is 1. The van der Waals surface area contributed by atoms with Gasteiger partial charge in [-0.3, -0.25) is 9.59 Å². The molecule has 0 spiro atoms. The fourth-order valence-electron chi connectivity index (χ4n) is 2.85. The van der Waals surface area contributed by atoms with Crippen molar-refractivity contribution < 1.29 is 27.5 Å². The molecule has 2 rings (SSSR count). The molecule has 1 aromatic carbocycles. The van der Waals surface area contributed by atoms with E-state index in [1.54, 1.807) is 12.0 Å². The summed E-state index contributed by atoms with van der Waals surface area (Å²) in [7, 11) is 1.57. The summed E-state index contributed by atoms with van der Waals surface area (Å²) in [5.41, 5.74) is 0.936. The minimum atomic E-state index is -4.87. The highest BCUT2D eigenvalue weighted by Crippen LogP contribution is 2.21. The van der Waals surface area contributed by atoms with Crippen molar-refractivity contribution in [2.24, 2.45) is 0 Å². The summed E-state index contributed by atoms with van der Waals surface area (Å²) >= 11 is 0. The third kappa shape index (κ3) is 5.37. The number of likely N-dealkylation sites (tertiary alicyclic amines) is 1. The maximum atomic E-state index is 12.3. The van der Waals surface area contributed by atoms with Crippen LogP contribution in [0.5, 0.6) is 5.75 Å². The molecule has 0 atom stereocenters. The minimum Gasteiger partial charge on any atom is -0.496 e. The van der Waals surface area contributed by atoms with E-state index in [0.717, 1.165) is 11.3 Å². The smallest absolute Gasteiger partial charge is 0.471 e. The van der Waals surface area contributed by atoms with Gasteiger partial charge in [-0.05, 0) is 30.9 Å². The Bertz CT molecular complexity index is 611. The first kappa shape index (κ1) is 19.1. The van der Waals surface area contributed by atoms with Crippen LogP contribution < -0.4 is 10.1 Å². The molecule has 1 saturated heterocycles. The Hall–Kier alpha value is -2.25. The highest BCUT2D eigenvalue weighted by Gasteiger charge is 2.40. The van der Waals surface area contributed by atoms with Crippen LogP contribution >= 0.6 is 0 Å². The largest absolute Gasteiger partial charge is 0.496 e. The number of halogens is 3. The lowest BCUT2D eigenvalue weighted by Gasteiger charge is -2.32. The van der Waals surface area contributed by atoms with Crippen LogP contribution in [0, 0.1) is 0 Å². The zero-order valence-corrected chi connectivity index (χ0v) is 13.9. The Kier molecular flexibility index (Phi) is 6.27. The minimum absolute atomic E-state index is 0.0495. The Labute approximate surface area is 144 Å². The first-order valence-electron chi connectivity index (χ1n) is 8.08. The number of hydrogen-bond acceptors (Lipinski definition) is 3. The van der Waals surface area contributed by atoms with Gasteiger partial charge >= 0.3 is 12.1 Å². The summed E-state index contributed by atoms with van der Waals surface area (Å²) in [5.74, 6) is -1.25. The van der Waals surface area contributed by atoms with E-state index in [-0.39, 0.29) is 5.91 Å². The Morgan fingerprint density at radius 3 is 2.48 bits per heavy atom. The van der Waals surface area contributed by atoms with Crippen LogP contribution in [0.1, 0.15) is 24.8 Å². The number of methoxy groups -OCH3 is 1. The van der Waals surface area contributed by atoms with Crippen molar-refractivity contribution in [2.75, 3.05) is 20.2 Å². The molecule has 1 aliphatic heterocycles. The molecule has 1 aromatic rings. The standard InChI is InChI=1S/C17H21F3N2O3/c1-25-14-5-3-2-4-12(14)6-7-15(23)22-10-8-13(9-11-22)21-16(24)17(18,19)20/h2-5,13H,6-11H2,1H3,(H,21,24). The average Bonchev–Trinajstić information content (AvgIpc) is 2.59. The molecule has 0 aromatic heterocycles. The van der Waals surface area contributed by atoms with Gasteiger partial charge in [0.2, 0.25) is 5.91 Å². The van der Waals surface area contributed by atoms with E-state index in [9.17, 15) is 22.8 Å². The van der Waals surface area contributed by atoms with Crippen molar-refractivity contribution in [3.05, 3.63) is 29.8 Å². The summed E-state index contributed by atoms with van der Waals surface area (Å²) < 4.78 is 42.0. The second kappa shape index (κ2) is 8.22. The van der Waals surface area contributed by atoms with Crippen molar-refractivity contribution >= 4 is 11.8 Å². The topological polar surface area (TPSA) is 58.6 Å². The summed E-state index contributed by atoms with van der Waals surface area (Å²) in [5, 5.41) is 1.97. The quantitative estimate of drug-likeness (QED) is 0.879. The fraction of sp³-hybridized carbons (Fsp3) is 0.529. The van der Waals surface area contributed by atoms with Gasteiger partial charge < -0.3 is 15.0 Å². The third-order valence-electron chi connectivity index (χ3n) is 4.24. The fourth-order valence-corrected chi connectivity index (χ4v) is 2.85. The predicted octanol–water partition coefficient (Wildman–Crippen LogP) is 2.30. The summed E-state index contributed by atoms with van der Waals surface area (Å²) in [6, 6.07) is 6.90. The third-order valence-corrected chi connectivity index (χ3v) is 4.24. The number of piperidine rings is 1. The molecule has 0 aliphatic carbocycles. The lowest BCUT2D eigenvalue weighted by Crippen LogP contribution is -2.49. The van der Waals surface area contributed by atoms with Gasteiger partial charge in [0, 0.05) is 25.6 Å². The van der Waals surface area contributed by atoms with Crippen LogP contribution in [0.4, 0.5) is 13.2 Å². The zero-order valence-electron chi connectivity index (χ0n) is 13.9. The Balaban J connectivity index is 1.78. The van der Waals surface area contributed by atoms with Crippen LogP contribution in [0.3, 0.4) is 0 Å². The van der Waals surface area contributed by atoms with Crippen LogP contribution in [-0.2, 0) is 16.0 Å². The van der Waals surface area contributed by atoms with Gasteiger partial charge in [0.05, 0.1) is 7.11 Å². The van der Waals surface area contributed by atoms with Crippen molar-refractivity contribution in [3.8, 4) is 5.75 Å². The lowest BCUT2D eigenvalue weighted by molar-refractivity contribution is -0.174. The van der Waals surface area contributed by atoms with Crippen molar-refractivity contribution in [1.29, 1.82) is 0 Å². The number of nitrogens with zero attached hydrogens (tertiary/aromatic N) is 1. The maximum absolute atomic E-state index is 12.3. The van der Waals surface area contributed by atoms with E-state index in [1.165, 1.54) is 0 Å². The molecular weight excluding hydrogens is 337 g/mol. The van der Waals surface area contributed by atoms with E-state index in [4.69, 9.17) is 4.74 Å². The molecule has 25 heavy (non-hydrogen) atoms. The highest BCUT2D eigenvalue weighted by molar-refractivity contribution is 5.82. The number of alkyl halides is 3. The van der Waals surface area contributed by atoms with E-state index >= 15 is 0 Å². The van der Waals surface area contributed by atoms with Crippen molar-refractivity contribution in [1.82, 2.24) is 10.2 Å². The second-order valence-electron chi connectivity index (χ2n) is 5.94. The van der Waals surface area contributed by atoms with Gasteiger partial charge in [0.15, 0.2) is 0 Å². The van der Waals surface area contributed by atoms with Crippen molar-refractivity contribution in [3.63, 3.8) is 0 Å². The maximum Gasteiger partial charge on any atom is 0.471 e. The number of benzene rings is 1. The Morgan fingerprint density at radius 2 is 1.88 bits per heavy atom. The van der Waals surface area contributed by atoms with Gasteiger partial charge in [-0.1, -0.05) is 18.2 Å². The van der Waals surface area contributed by atoms with Gasteiger partial charge in [-0.25, -0.2) is 0 Å². The van der Waals surface area contributed by atoms with Crippen LogP contribution in [0.15, 0.2) is 24.3 Å². The summed E-state index contributed by atoms with van der Waals surface area (Å²) in [6.07, 6.45) is -3.39. The molecule has 138 valence electrons. The molecule has 2 amide bonds. The molecule has 0 radical (unpaired) electrons. The van der Waals surface area contributed by atoms with E-state index in [1.807, 2.05) is 29.6 Å². The molecule has 1 aliphatic rings. The molecule has 1 heterocycles. The molecule has 0 saturated carbocycles. The molecule has 5 nitrogen and oxygen atoms in total. The summed E-state index contributed by atoms with van der Waals surface area (Å²) in [6.45, 7) is 0.682. The molecule has 8 heteroatoms. The number of nitrogens with one attached hydrogen (secondary N) is 1. The number of amides is 2. The van der Waals surface area contributed by atoms with E-state index < -0.39 is 18.1 Å². The zero-order chi connectivity index (χ0) is 18.4. The monoisotopic (exact) mass is 358 g/mol. The normalized spacial score (nSPS) is 15.8. The second-order valence-corrected chi connectivity index (χ2v) is 5.94. The Morgan fingerprint density at radius 1 is 1.24 bits per heavy atom. The number of hydrogen-bond donors (Lipinski definition) is 1. The number of aryl methyl sites for hydroxylation is 1. The number of carbonyl (C=O) groups excluding carboxylic acids is 2. The van der Waals surface area contributed by atoms with Gasteiger partial charge in [0.25, 0.3) is 0 Å². The van der Waals surface area contributed by atoms with E-state index in [0.29, 0.717) is 38.8 Å². The average molecular weight is 358 g/mol. The highest BCUT2D eigenvalue weighted by atomic mass is 19.4.